The monoisotopic (exact) mass is 720 g/mol. The lowest BCUT2D eigenvalue weighted by atomic mass is 10.1. The highest BCUT2D eigenvalue weighted by Crippen LogP contribution is 2.42. The summed E-state index contributed by atoms with van der Waals surface area (Å²) < 4.78 is 5.67. The average Bonchev–Trinajstić information content (AvgIpc) is 2.33. The maximum atomic E-state index is 4.26. The molecule has 0 bridgehead atoms. The van der Waals surface area contributed by atoms with Crippen molar-refractivity contribution in [3.63, 3.8) is 0 Å². The molecule has 0 N–H and O–H groups in total. The fourth-order valence-corrected chi connectivity index (χ4v) is 5.08. The molecule has 0 aliphatic rings. The molecule has 2 aromatic heterocycles. The van der Waals surface area contributed by atoms with Gasteiger partial charge in [-0.3, -0.25) is 0 Å². The first-order chi connectivity index (χ1) is 8.43. The summed E-state index contributed by atoms with van der Waals surface area (Å²) in [6.45, 7) is 0. The Kier molecular flexibility index (Phi) is 5.91. The highest BCUT2D eigenvalue weighted by atomic mass is 127. The van der Waals surface area contributed by atoms with Crippen LogP contribution < -0.4 is 0 Å². The Labute approximate surface area is 165 Å². The lowest BCUT2D eigenvalue weighted by Crippen LogP contribution is -1.95. The van der Waals surface area contributed by atoms with Crippen LogP contribution in [-0.2, 0) is 0 Å². The minimum atomic E-state index is 0.830. The van der Waals surface area contributed by atoms with Gasteiger partial charge in [0.25, 0.3) is 0 Å². The standard InChI is InChI=1S/C10H2Br4I2N2/c11-3-1-17-9(13)7(15)5(3)6-4(12)2-18-10(14)8(6)16/h1-2H. The predicted molar refractivity (Wildman–Crippen MR) is 104 cm³/mol. The molecule has 0 spiro atoms. The molecule has 0 aromatic carbocycles. The fourth-order valence-electron chi connectivity index (χ4n) is 1.34. The molecule has 0 atom stereocenters. The predicted octanol–water partition coefficient (Wildman–Crippen LogP) is 6.40. The molecule has 0 aliphatic heterocycles. The molecular formula is C10H2Br4I2N2. The number of hydrogen-bond donors (Lipinski definition) is 0. The van der Waals surface area contributed by atoms with Gasteiger partial charge in [-0.25, -0.2) is 9.97 Å². The van der Waals surface area contributed by atoms with Gasteiger partial charge in [0.15, 0.2) is 0 Å². The third-order valence-electron chi connectivity index (χ3n) is 2.11. The minimum absolute atomic E-state index is 0.830. The van der Waals surface area contributed by atoms with Gasteiger partial charge in [0.1, 0.15) is 9.21 Å². The second kappa shape index (κ2) is 6.63. The van der Waals surface area contributed by atoms with Gasteiger partial charge in [0, 0.05) is 32.5 Å². The van der Waals surface area contributed by atoms with Crippen molar-refractivity contribution in [3.05, 3.63) is 37.7 Å². The highest BCUT2D eigenvalue weighted by Gasteiger charge is 2.19. The fraction of sp³-hybridized carbons (Fsp3) is 0. The SMILES string of the molecule is Brc1cnc(Br)c(I)c1-c1c(Br)cnc(Br)c1I. The summed E-state index contributed by atoms with van der Waals surface area (Å²) in [6.07, 6.45) is 3.58. The van der Waals surface area contributed by atoms with Crippen molar-refractivity contribution >= 4 is 109 Å². The van der Waals surface area contributed by atoms with E-state index < -0.39 is 0 Å². The minimum Gasteiger partial charge on any atom is -0.247 e. The van der Waals surface area contributed by atoms with E-state index in [1.54, 1.807) is 12.4 Å². The van der Waals surface area contributed by atoms with Crippen LogP contribution in [-0.4, -0.2) is 9.97 Å². The van der Waals surface area contributed by atoms with E-state index in [1.165, 1.54) is 0 Å². The molecule has 0 amide bonds. The second-order valence-corrected chi connectivity index (χ2v) is 8.54. The van der Waals surface area contributed by atoms with E-state index in [4.69, 9.17) is 0 Å². The third kappa shape index (κ3) is 3.12. The van der Waals surface area contributed by atoms with E-state index in [9.17, 15) is 0 Å². The van der Waals surface area contributed by atoms with Gasteiger partial charge in [-0.1, -0.05) is 0 Å². The van der Waals surface area contributed by atoms with Crippen molar-refractivity contribution in [2.75, 3.05) is 0 Å². The zero-order valence-electron chi connectivity index (χ0n) is 8.32. The molecule has 2 heterocycles. The van der Waals surface area contributed by atoms with Crippen molar-refractivity contribution < 1.29 is 0 Å². The van der Waals surface area contributed by atoms with Gasteiger partial charge >= 0.3 is 0 Å². The summed E-state index contributed by atoms with van der Waals surface area (Å²) in [5.41, 5.74) is 2.19. The van der Waals surface area contributed by atoms with Gasteiger partial charge in [-0.15, -0.1) is 0 Å². The summed E-state index contributed by atoms with van der Waals surface area (Å²) in [7, 11) is 0. The molecule has 0 aliphatic carbocycles. The molecule has 2 rings (SSSR count). The van der Waals surface area contributed by atoms with Gasteiger partial charge in [0.05, 0.1) is 7.14 Å². The molecule has 0 saturated heterocycles. The van der Waals surface area contributed by atoms with Crippen molar-refractivity contribution in [3.8, 4) is 11.1 Å². The second-order valence-electron chi connectivity index (χ2n) is 3.17. The van der Waals surface area contributed by atoms with Crippen molar-refractivity contribution in [2.45, 2.75) is 0 Å². The number of halogens is 6. The van der Waals surface area contributed by atoms with E-state index >= 15 is 0 Å². The average molecular weight is 724 g/mol. The maximum absolute atomic E-state index is 4.26. The van der Waals surface area contributed by atoms with Crippen LogP contribution >= 0.6 is 109 Å². The molecule has 8 heteroatoms. The first-order valence-electron chi connectivity index (χ1n) is 4.42. The Hall–Kier alpha value is 1.68. The molecule has 0 unspecified atom stereocenters. The molecule has 0 saturated carbocycles. The Bertz CT molecular complexity index is 578. The zero-order chi connectivity index (χ0) is 13.4. The van der Waals surface area contributed by atoms with Crippen LogP contribution in [0.15, 0.2) is 30.5 Å². The van der Waals surface area contributed by atoms with Crippen molar-refractivity contribution in [2.24, 2.45) is 0 Å². The van der Waals surface area contributed by atoms with Crippen LogP contribution in [0.1, 0.15) is 0 Å². The van der Waals surface area contributed by atoms with Gasteiger partial charge in [-0.05, 0) is 109 Å². The molecular weight excluding hydrogens is 722 g/mol. The van der Waals surface area contributed by atoms with E-state index in [0.717, 1.165) is 36.4 Å². The topological polar surface area (TPSA) is 25.8 Å². The summed E-state index contributed by atoms with van der Waals surface area (Å²) in [5.74, 6) is 0. The Balaban J connectivity index is 2.85. The quantitative estimate of drug-likeness (QED) is 0.252. The largest absolute Gasteiger partial charge is 0.247 e. The molecule has 0 fully saturated rings. The van der Waals surface area contributed by atoms with Crippen molar-refractivity contribution in [1.29, 1.82) is 0 Å². The van der Waals surface area contributed by atoms with E-state index in [2.05, 4.69) is 119 Å². The number of aromatic nitrogens is 2. The van der Waals surface area contributed by atoms with Gasteiger partial charge in [-0.2, -0.15) is 0 Å². The number of rotatable bonds is 1. The molecule has 18 heavy (non-hydrogen) atoms. The normalized spacial score (nSPS) is 10.8. The smallest absolute Gasteiger partial charge is 0.120 e. The summed E-state index contributed by atoms with van der Waals surface area (Å²) in [5, 5.41) is 0. The number of hydrogen-bond acceptors (Lipinski definition) is 2. The lowest BCUT2D eigenvalue weighted by Gasteiger charge is -2.13. The highest BCUT2D eigenvalue weighted by molar-refractivity contribution is 14.1. The molecule has 2 nitrogen and oxygen atoms in total. The van der Waals surface area contributed by atoms with Crippen LogP contribution in [0.5, 0.6) is 0 Å². The van der Waals surface area contributed by atoms with E-state index in [-0.39, 0.29) is 0 Å². The summed E-state index contributed by atoms with van der Waals surface area (Å²) in [4.78, 5) is 8.53. The summed E-state index contributed by atoms with van der Waals surface area (Å²) >= 11 is 18.6. The molecule has 2 aromatic rings. The Morgan fingerprint density at radius 1 is 0.722 bits per heavy atom. The first-order valence-corrected chi connectivity index (χ1v) is 9.75. The van der Waals surface area contributed by atoms with Gasteiger partial charge in [0.2, 0.25) is 0 Å². The molecule has 0 radical (unpaired) electrons. The summed E-state index contributed by atoms with van der Waals surface area (Å²) in [6, 6.07) is 0. The zero-order valence-corrected chi connectivity index (χ0v) is 19.0. The van der Waals surface area contributed by atoms with Crippen LogP contribution in [0.25, 0.3) is 11.1 Å². The van der Waals surface area contributed by atoms with Crippen LogP contribution in [0.4, 0.5) is 0 Å². The molecule has 94 valence electrons. The lowest BCUT2D eigenvalue weighted by molar-refractivity contribution is 1.21. The van der Waals surface area contributed by atoms with E-state index in [0.29, 0.717) is 0 Å². The van der Waals surface area contributed by atoms with Crippen LogP contribution in [0, 0.1) is 7.14 Å². The third-order valence-corrected chi connectivity index (χ3v) is 8.10. The van der Waals surface area contributed by atoms with E-state index in [1.807, 2.05) is 0 Å². The first kappa shape index (κ1) is 16.1. The number of pyridine rings is 2. The Morgan fingerprint density at radius 3 is 1.39 bits per heavy atom. The van der Waals surface area contributed by atoms with Gasteiger partial charge < -0.3 is 0 Å². The van der Waals surface area contributed by atoms with Crippen molar-refractivity contribution in [1.82, 2.24) is 9.97 Å². The Morgan fingerprint density at radius 2 is 1.06 bits per heavy atom. The number of nitrogens with zero attached hydrogens (tertiary/aromatic N) is 2. The van der Waals surface area contributed by atoms with Crippen LogP contribution in [0.2, 0.25) is 0 Å². The maximum Gasteiger partial charge on any atom is 0.120 e. The van der Waals surface area contributed by atoms with Crippen LogP contribution in [0.3, 0.4) is 0 Å².